The second-order valence-corrected chi connectivity index (χ2v) is 7.01. The minimum atomic E-state index is -0.550. The molecule has 178 valence electrons. The van der Waals surface area contributed by atoms with Crippen LogP contribution in [0, 0.1) is 0 Å². The molecule has 6 nitrogen and oxygen atoms in total. The molecule has 0 aliphatic carbocycles. The zero-order valence-electron chi connectivity index (χ0n) is 19.9. The highest BCUT2D eigenvalue weighted by atomic mass is 16.6. The summed E-state index contributed by atoms with van der Waals surface area (Å²) in [5.74, 6) is -2.20. The number of benzene rings is 3. The van der Waals surface area contributed by atoms with Crippen molar-refractivity contribution in [3.05, 3.63) is 107 Å². The summed E-state index contributed by atoms with van der Waals surface area (Å²) < 4.78 is 8.71. The molecule has 34 heavy (non-hydrogen) atoms. The molecule has 0 fully saturated rings. The maximum Gasteiger partial charge on any atom is 0.346 e. The summed E-state index contributed by atoms with van der Waals surface area (Å²) in [4.78, 5) is 43.3. The van der Waals surface area contributed by atoms with E-state index in [1.54, 1.807) is 48.5 Å². The Kier molecular flexibility index (Phi) is 12.9. The standard InChI is InChI=1S/2C8H4O3.C6H6.2C3H8/c2*9-7-5-3-1-2-4-6(5)8(10)11-7;1-2-4-6-5-3-1;2*1-3-2/h2*1-4H;1-6H;2*3H2,1-2H3. The summed E-state index contributed by atoms with van der Waals surface area (Å²) in [5, 5.41) is 0. The Labute approximate surface area is 200 Å². The van der Waals surface area contributed by atoms with E-state index in [4.69, 9.17) is 0 Å². The van der Waals surface area contributed by atoms with Gasteiger partial charge >= 0.3 is 23.9 Å². The molecule has 2 aliphatic heterocycles. The molecule has 0 N–H and O–H groups in total. The predicted molar refractivity (Wildman–Crippen MR) is 131 cm³/mol. The van der Waals surface area contributed by atoms with Gasteiger partial charge < -0.3 is 9.47 Å². The fourth-order valence-electron chi connectivity index (χ4n) is 2.45. The Hall–Kier alpha value is -4.06. The molecule has 3 aromatic carbocycles. The van der Waals surface area contributed by atoms with Crippen LogP contribution in [0.4, 0.5) is 0 Å². The summed E-state index contributed by atoms with van der Waals surface area (Å²) in [6.45, 7) is 8.50. The molecule has 0 spiro atoms. The molecule has 0 bridgehead atoms. The van der Waals surface area contributed by atoms with Crippen molar-refractivity contribution in [3.63, 3.8) is 0 Å². The van der Waals surface area contributed by atoms with Crippen LogP contribution < -0.4 is 0 Å². The topological polar surface area (TPSA) is 86.7 Å². The van der Waals surface area contributed by atoms with Gasteiger partial charge in [0.05, 0.1) is 22.3 Å². The van der Waals surface area contributed by atoms with Crippen LogP contribution in [-0.4, -0.2) is 23.9 Å². The first-order valence-electron chi connectivity index (χ1n) is 11.1. The molecular formula is C28H30O6. The Morgan fingerprint density at radius 2 is 0.588 bits per heavy atom. The third-order valence-corrected chi connectivity index (χ3v) is 3.77. The molecule has 2 heterocycles. The van der Waals surface area contributed by atoms with Crippen LogP contribution in [0.5, 0.6) is 0 Å². The third-order valence-electron chi connectivity index (χ3n) is 3.77. The van der Waals surface area contributed by atoms with Gasteiger partial charge in [-0.25, -0.2) is 19.2 Å². The van der Waals surface area contributed by atoms with E-state index in [-0.39, 0.29) is 0 Å². The lowest BCUT2D eigenvalue weighted by atomic mass is 10.1. The second kappa shape index (κ2) is 15.7. The van der Waals surface area contributed by atoms with Gasteiger partial charge in [0.1, 0.15) is 0 Å². The van der Waals surface area contributed by atoms with Crippen LogP contribution in [0.1, 0.15) is 82.0 Å². The number of esters is 4. The first kappa shape index (κ1) is 28.0. The highest BCUT2D eigenvalue weighted by molar-refractivity contribution is 6.15. The monoisotopic (exact) mass is 462 g/mol. The molecule has 0 saturated carbocycles. The van der Waals surface area contributed by atoms with Gasteiger partial charge in [0.2, 0.25) is 0 Å². The minimum Gasteiger partial charge on any atom is -0.386 e. The van der Waals surface area contributed by atoms with Gasteiger partial charge in [0.15, 0.2) is 0 Å². The van der Waals surface area contributed by atoms with Gasteiger partial charge in [0, 0.05) is 0 Å². The quantitative estimate of drug-likeness (QED) is 0.279. The van der Waals surface area contributed by atoms with Gasteiger partial charge in [-0.05, 0) is 24.3 Å². The number of carbonyl (C=O) groups is 4. The van der Waals surface area contributed by atoms with Crippen molar-refractivity contribution in [1.29, 1.82) is 0 Å². The normalized spacial score (nSPS) is 11.9. The Balaban J connectivity index is 0.000000236. The van der Waals surface area contributed by atoms with Crippen LogP contribution in [0.25, 0.3) is 0 Å². The largest absolute Gasteiger partial charge is 0.386 e. The van der Waals surface area contributed by atoms with E-state index < -0.39 is 23.9 Å². The number of hydrogen-bond acceptors (Lipinski definition) is 6. The van der Waals surface area contributed by atoms with Crippen LogP contribution in [0.2, 0.25) is 0 Å². The Morgan fingerprint density at radius 1 is 0.412 bits per heavy atom. The minimum absolute atomic E-state index is 0.359. The van der Waals surface area contributed by atoms with Gasteiger partial charge in [-0.2, -0.15) is 0 Å². The molecule has 6 heteroatoms. The van der Waals surface area contributed by atoms with E-state index in [1.165, 1.54) is 12.8 Å². The van der Waals surface area contributed by atoms with Gasteiger partial charge in [0.25, 0.3) is 0 Å². The maximum absolute atomic E-state index is 10.8. The molecule has 0 unspecified atom stereocenters. The predicted octanol–water partition coefficient (Wildman–Crippen LogP) is 6.51. The smallest absolute Gasteiger partial charge is 0.346 e. The first-order chi connectivity index (χ1) is 16.4. The van der Waals surface area contributed by atoms with E-state index in [9.17, 15) is 19.2 Å². The molecule has 0 amide bonds. The molecule has 0 aromatic heterocycles. The second-order valence-electron chi connectivity index (χ2n) is 7.01. The number of fused-ring (bicyclic) bond motifs is 2. The van der Waals surface area contributed by atoms with Gasteiger partial charge in [-0.1, -0.05) is 101 Å². The highest BCUT2D eigenvalue weighted by Gasteiger charge is 2.29. The molecule has 2 aliphatic rings. The van der Waals surface area contributed by atoms with Crippen molar-refractivity contribution in [1.82, 2.24) is 0 Å². The number of ether oxygens (including phenoxy) is 2. The fourth-order valence-corrected chi connectivity index (χ4v) is 2.45. The summed E-state index contributed by atoms with van der Waals surface area (Å²) in [7, 11) is 0. The van der Waals surface area contributed by atoms with Gasteiger partial charge in [-0.3, -0.25) is 0 Å². The van der Waals surface area contributed by atoms with E-state index in [0.717, 1.165) is 0 Å². The SMILES string of the molecule is CCC.CCC.O=C1OC(=O)c2ccccc21.O=C1OC(=O)c2ccccc21.c1ccccc1. The number of cyclic esters (lactones) is 4. The van der Waals surface area contributed by atoms with Crippen LogP contribution >= 0.6 is 0 Å². The summed E-state index contributed by atoms with van der Waals surface area (Å²) >= 11 is 0. The highest BCUT2D eigenvalue weighted by Crippen LogP contribution is 2.19. The van der Waals surface area contributed by atoms with Crippen molar-refractivity contribution in [2.45, 2.75) is 40.5 Å². The number of carbonyl (C=O) groups excluding carboxylic acids is 4. The zero-order valence-corrected chi connectivity index (χ0v) is 19.9. The molecule has 3 aromatic rings. The van der Waals surface area contributed by atoms with Crippen molar-refractivity contribution in [3.8, 4) is 0 Å². The van der Waals surface area contributed by atoms with E-state index >= 15 is 0 Å². The maximum atomic E-state index is 10.8. The first-order valence-corrected chi connectivity index (χ1v) is 11.1. The zero-order chi connectivity index (χ0) is 25.3. The molecule has 0 radical (unpaired) electrons. The van der Waals surface area contributed by atoms with E-state index in [1.807, 2.05) is 36.4 Å². The van der Waals surface area contributed by atoms with Crippen molar-refractivity contribution in [2.75, 3.05) is 0 Å². The molecule has 0 atom stereocenters. The van der Waals surface area contributed by atoms with E-state index in [0.29, 0.717) is 22.3 Å². The van der Waals surface area contributed by atoms with Crippen molar-refractivity contribution in [2.24, 2.45) is 0 Å². The van der Waals surface area contributed by atoms with Gasteiger partial charge in [-0.15, -0.1) is 0 Å². The average molecular weight is 463 g/mol. The number of rotatable bonds is 0. The van der Waals surface area contributed by atoms with Crippen LogP contribution in [-0.2, 0) is 9.47 Å². The van der Waals surface area contributed by atoms with Crippen LogP contribution in [0.15, 0.2) is 84.9 Å². The Morgan fingerprint density at radius 3 is 0.765 bits per heavy atom. The summed E-state index contributed by atoms with van der Waals surface area (Å²) in [6, 6.07) is 25.1. The number of hydrogen-bond donors (Lipinski definition) is 0. The van der Waals surface area contributed by atoms with Crippen molar-refractivity contribution >= 4 is 23.9 Å². The summed E-state index contributed by atoms with van der Waals surface area (Å²) in [6.07, 6.45) is 2.50. The molecular weight excluding hydrogens is 432 g/mol. The van der Waals surface area contributed by atoms with Crippen molar-refractivity contribution < 1.29 is 28.7 Å². The fraction of sp³-hybridized carbons (Fsp3) is 0.214. The lowest BCUT2D eigenvalue weighted by Crippen LogP contribution is -1.96. The molecule has 0 saturated heterocycles. The lowest BCUT2D eigenvalue weighted by Gasteiger charge is -1.86. The van der Waals surface area contributed by atoms with E-state index in [2.05, 4.69) is 37.2 Å². The van der Waals surface area contributed by atoms with Crippen LogP contribution in [0.3, 0.4) is 0 Å². The Bertz CT molecular complexity index is 909. The molecule has 5 rings (SSSR count). The third kappa shape index (κ3) is 8.82. The average Bonchev–Trinajstić information content (AvgIpc) is 3.32. The summed E-state index contributed by atoms with van der Waals surface area (Å²) in [5.41, 5.74) is 1.44. The lowest BCUT2D eigenvalue weighted by molar-refractivity contribution is 0.0425.